The molecule has 1 aliphatic rings. The Kier molecular flexibility index (Phi) is 6.78. The molecule has 2 aromatic rings. The van der Waals surface area contributed by atoms with Crippen molar-refractivity contribution in [3.05, 3.63) is 49.6 Å². The van der Waals surface area contributed by atoms with Crippen molar-refractivity contribution in [3.8, 4) is 0 Å². The third-order valence-corrected chi connectivity index (χ3v) is 6.30. The fourth-order valence-corrected chi connectivity index (χ4v) is 4.41. The van der Waals surface area contributed by atoms with Gasteiger partial charge in [0.15, 0.2) is 0 Å². The minimum atomic E-state index is -0.136. The zero-order chi connectivity index (χ0) is 21.0. The Balaban J connectivity index is 1.88. The summed E-state index contributed by atoms with van der Waals surface area (Å²) in [6.07, 6.45) is 6.91. The van der Waals surface area contributed by atoms with Crippen LogP contribution in [-0.4, -0.2) is 51.8 Å². The van der Waals surface area contributed by atoms with Gasteiger partial charge in [0.05, 0.1) is 40.3 Å². The van der Waals surface area contributed by atoms with Crippen molar-refractivity contribution in [1.82, 2.24) is 19.9 Å². The molecule has 0 aliphatic carbocycles. The number of aromatic nitrogens is 2. The number of amides is 1. The van der Waals surface area contributed by atoms with Gasteiger partial charge in [0.25, 0.3) is 0 Å². The zero-order valence-electron chi connectivity index (χ0n) is 15.9. The van der Waals surface area contributed by atoms with Crippen LogP contribution in [0.25, 0.3) is 5.57 Å². The molecule has 0 aromatic carbocycles. The first-order valence-corrected chi connectivity index (χ1v) is 10.7. The highest BCUT2D eigenvalue weighted by molar-refractivity contribution is 7.14. The average molecular weight is 450 g/mol. The van der Waals surface area contributed by atoms with E-state index in [1.807, 2.05) is 19.0 Å². The Bertz CT molecular complexity index is 1010. The summed E-state index contributed by atoms with van der Waals surface area (Å²) in [5, 5.41) is 14.5. The number of thiazole rings is 2. The van der Waals surface area contributed by atoms with Gasteiger partial charge in [0.1, 0.15) is 4.34 Å². The Hall–Kier alpha value is -2.56. The van der Waals surface area contributed by atoms with Crippen LogP contribution >= 0.6 is 34.3 Å². The molecule has 0 spiro atoms. The van der Waals surface area contributed by atoms with Crippen LogP contribution in [0, 0.1) is 5.41 Å². The van der Waals surface area contributed by atoms with E-state index in [1.54, 1.807) is 24.0 Å². The molecule has 3 N–H and O–H groups in total. The van der Waals surface area contributed by atoms with Gasteiger partial charge in [-0.2, -0.15) is 5.10 Å². The second-order valence-corrected chi connectivity index (χ2v) is 8.95. The van der Waals surface area contributed by atoms with E-state index >= 15 is 0 Å². The minimum absolute atomic E-state index is 0.136. The lowest BCUT2D eigenvalue weighted by molar-refractivity contribution is -0.131. The standard InChI is InChI=1S/C18H20ClN7OS2/c1-25(2)14-6-17(27)26(9-13-18(19)28-10-23-13)24-7-12(14)15-8-22-16(29-15)5-11(21)3-4-20/h3-4,7-8,10,21H,5-6,9,20H2,1-2H3/b4-3-,21-11?. The van der Waals surface area contributed by atoms with Gasteiger partial charge < -0.3 is 16.0 Å². The fourth-order valence-electron chi connectivity index (χ4n) is 2.68. The number of carbonyl (C=O) groups excluding carboxylic acids is 1. The first-order chi connectivity index (χ1) is 13.9. The first-order valence-electron chi connectivity index (χ1n) is 8.62. The summed E-state index contributed by atoms with van der Waals surface area (Å²) in [5.74, 6) is -0.136. The number of allylic oxidation sites excluding steroid dienone is 2. The van der Waals surface area contributed by atoms with Crippen LogP contribution in [-0.2, 0) is 17.8 Å². The predicted molar refractivity (Wildman–Crippen MR) is 118 cm³/mol. The Labute approximate surface area is 181 Å². The maximum absolute atomic E-state index is 12.8. The van der Waals surface area contributed by atoms with Gasteiger partial charge >= 0.3 is 0 Å². The number of nitrogens with zero attached hydrogens (tertiary/aromatic N) is 5. The fraction of sp³-hybridized carbons (Fsp3) is 0.278. The van der Waals surface area contributed by atoms with Crippen LogP contribution in [0.5, 0.6) is 0 Å². The van der Waals surface area contributed by atoms with Crippen molar-refractivity contribution in [2.24, 2.45) is 10.8 Å². The molecule has 29 heavy (non-hydrogen) atoms. The van der Waals surface area contributed by atoms with Crippen molar-refractivity contribution in [2.75, 3.05) is 14.1 Å². The molecule has 1 aliphatic heterocycles. The maximum Gasteiger partial charge on any atom is 0.248 e. The number of nitrogens with one attached hydrogen (secondary N) is 1. The van der Waals surface area contributed by atoms with E-state index in [4.69, 9.17) is 22.7 Å². The lowest BCUT2D eigenvalue weighted by Crippen LogP contribution is -2.26. The molecular formula is C18H20ClN7OS2. The molecule has 0 saturated carbocycles. The summed E-state index contributed by atoms with van der Waals surface area (Å²) >= 11 is 8.92. The normalized spacial score (nSPS) is 14.7. The van der Waals surface area contributed by atoms with Crippen molar-refractivity contribution < 1.29 is 4.79 Å². The van der Waals surface area contributed by atoms with Gasteiger partial charge in [-0.25, -0.2) is 15.0 Å². The molecule has 0 saturated heterocycles. The van der Waals surface area contributed by atoms with Crippen LogP contribution in [0.15, 0.2) is 34.8 Å². The Morgan fingerprint density at radius 1 is 1.45 bits per heavy atom. The topological polar surface area (TPSA) is 112 Å². The number of hydrogen-bond acceptors (Lipinski definition) is 9. The molecule has 8 nitrogen and oxygen atoms in total. The van der Waals surface area contributed by atoms with Crippen LogP contribution in [0.4, 0.5) is 0 Å². The second-order valence-electron chi connectivity index (χ2n) is 6.38. The Morgan fingerprint density at radius 3 is 2.90 bits per heavy atom. The molecule has 0 atom stereocenters. The van der Waals surface area contributed by atoms with E-state index in [0.717, 1.165) is 21.2 Å². The number of halogens is 1. The van der Waals surface area contributed by atoms with Gasteiger partial charge in [0, 0.05) is 43.7 Å². The van der Waals surface area contributed by atoms with Gasteiger partial charge in [0.2, 0.25) is 5.91 Å². The SMILES string of the molecule is CN(C)C1=C(c2cnc(CC(=N)/C=C\N)s2)C=NN(Cc2ncsc2Cl)C(=O)C1. The number of rotatable bonds is 7. The van der Waals surface area contributed by atoms with E-state index in [-0.39, 0.29) is 18.9 Å². The van der Waals surface area contributed by atoms with Crippen LogP contribution < -0.4 is 5.73 Å². The summed E-state index contributed by atoms with van der Waals surface area (Å²) in [6.45, 7) is 0.224. The van der Waals surface area contributed by atoms with Gasteiger partial charge in [-0.1, -0.05) is 11.6 Å². The lowest BCUT2D eigenvalue weighted by atomic mass is 10.1. The largest absolute Gasteiger partial charge is 0.405 e. The molecule has 0 fully saturated rings. The van der Waals surface area contributed by atoms with Crippen molar-refractivity contribution in [3.63, 3.8) is 0 Å². The summed E-state index contributed by atoms with van der Waals surface area (Å²) in [7, 11) is 3.79. The third kappa shape index (κ3) is 5.08. The quantitative estimate of drug-likeness (QED) is 0.631. The van der Waals surface area contributed by atoms with Crippen molar-refractivity contribution in [1.29, 1.82) is 5.41 Å². The summed E-state index contributed by atoms with van der Waals surface area (Å²) < 4.78 is 0.555. The highest BCUT2D eigenvalue weighted by atomic mass is 35.5. The highest BCUT2D eigenvalue weighted by Crippen LogP contribution is 2.30. The van der Waals surface area contributed by atoms with E-state index in [9.17, 15) is 4.79 Å². The second kappa shape index (κ2) is 9.29. The van der Waals surface area contributed by atoms with Crippen molar-refractivity contribution in [2.45, 2.75) is 19.4 Å². The van der Waals surface area contributed by atoms with Crippen LogP contribution in [0.3, 0.4) is 0 Å². The lowest BCUT2D eigenvalue weighted by Gasteiger charge is -2.19. The maximum atomic E-state index is 12.8. The number of hydrazone groups is 1. The van der Waals surface area contributed by atoms with Crippen LogP contribution in [0.1, 0.15) is 22.0 Å². The summed E-state index contributed by atoms with van der Waals surface area (Å²) in [5.41, 5.74) is 9.68. The molecule has 3 rings (SSSR count). The molecule has 3 heterocycles. The van der Waals surface area contributed by atoms with E-state index in [0.29, 0.717) is 22.2 Å². The van der Waals surface area contributed by atoms with E-state index in [1.165, 1.54) is 33.9 Å². The monoisotopic (exact) mass is 449 g/mol. The number of nitrogens with two attached hydrogens (primary N) is 1. The highest BCUT2D eigenvalue weighted by Gasteiger charge is 2.24. The summed E-state index contributed by atoms with van der Waals surface area (Å²) in [6, 6.07) is 0. The molecule has 152 valence electrons. The van der Waals surface area contributed by atoms with Gasteiger partial charge in [-0.3, -0.25) is 4.79 Å². The molecule has 11 heteroatoms. The molecule has 0 bridgehead atoms. The number of hydrogen-bond donors (Lipinski definition) is 2. The minimum Gasteiger partial charge on any atom is -0.405 e. The zero-order valence-corrected chi connectivity index (χ0v) is 18.3. The molecule has 0 unspecified atom stereocenters. The molecular weight excluding hydrogens is 430 g/mol. The average Bonchev–Trinajstić information content (AvgIpc) is 3.24. The van der Waals surface area contributed by atoms with E-state index in [2.05, 4.69) is 15.1 Å². The first kappa shape index (κ1) is 21.2. The van der Waals surface area contributed by atoms with Gasteiger partial charge in [-0.15, -0.1) is 22.7 Å². The molecule has 1 amide bonds. The third-order valence-electron chi connectivity index (χ3n) is 4.13. The summed E-state index contributed by atoms with van der Waals surface area (Å²) in [4.78, 5) is 24.2. The Morgan fingerprint density at radius 2 is 2.24 bits per heavy atom. The van der Waals surface area contributed by atoms with E-state index < -0.39 is 0 Å². The van der Waals surface area contributed by atoms with Crippen LogP contribution in [0.2, 0.25) is 4.34 Å². The van der Waals surface area contributed by atoms with Gasteiger partial charge in [-0.05, 0) is 12.3 Å². The molecule has 2 aromatic heterocycles. The predicted octanol–water partition coefficient (Wildman–Crippen LogP) is 2.98. The van der Waals surface area contributed by atoms with Crippen molar-refractivity contribution >= 4 is 57.7 Å². The number of carbonyl (C=O) groups is 1. The smallest absolute Gasteiger partial charge is 0.248 e. The molecule has 0 radical (unpaired) electrons.